The average Bonchev–Trinajstić information content (AvgIpc) is 3.51. The molecule has 0 bridgehead atoms. The van der Waals surface area contributed by atoms with Crippen molar-refractivity contribution in [2.45, 2.75) is 23.1 Å². The molecule has 19 heteroatoms. The number of hydrogen-bond acceptors (Lipinski definition) is 14. The number of carbonyl (C=O) groups is 3. The van der Waals surface area contributed by atoms with Crippen LogP contribution in [0.15, 0.2) is 39.6 Å². The summed E-state index contributed by atoms with van der Waals surface area (Å²) in [7, 11) is 0. The summed E-state index contributed by atoms with van der Waals surface area (Å²) in [6, 6.07) is -0.986. The summed E-state index contributed by atoms with van der Waals surface area (Å²) in [6.07, 6.45) is 1.63. The molecular weight excluding hydrogens is 582 g/mol. The zero-order chi connectivity index (χ0) is 26.5. The van der Waals surface area contributed by atoms with Gasteiger partial charge in [-0.25, -0.2) is 14.5 Å². The highest BCUT2D eigenvalue weighted by molar-refractivity contribution is 8.01. The minimum absolute atomic E-state index is 0. The zero-order valence-corrected chi connectivity index (χ0v) is 22.7. The fourth-order valence-corrected chi connectivity index (χ4v) is 6.36. The first-order valence-electron chi connectivity index (χ1n) is 10.6. The molecule has 2 aliphatic heterocycles. The van der Waals surface area contributed by atoms with Gasteiger partial charge in [-0.2, -0.15) is 0 Å². The number of carboxylic acids is 1. The maximum atomic E-state index is 13.0. The number of aliphatic hydroxyl groups is 1. The lowest BCUT2D eigenvalue weighted by molar-refractivity contribution is -0.150. The van der Waals surface area contributed by atoms with E-state index < -0.39 is 29.2 Å². The van der Waals surface area contributed by atoms with Gasteiger partial charge in [-0.15, -0.1) is 47.2 Å². The van der Waals surface area contributed by atoms with E-state index in [-0.39, 0.29) is 53.6 Å². The fraction of sp³-hybridized carbons (Fsp3) is 0.368. The third kappa shape index (κ3) is 6.09. The topological polar surface area (TPSA) is 211 Å². The molecule has 1 unspecified atom stereocenters. The molecular formula is C19H22ClN9O6S3. The maximum Gasteiger partial charge on any atom is 0.352 e. The number of aliphatic hydroxyl groups excluding tert-OH is 1. The van der Waals surface area contributed by atoms with Crippen molar-refractivity contribution in [1.29, 1.82) is 0 Å². The number of allylic oxidation sites excluding steroid dienone is 1. The number of hydrogen-bond donors (Lipinski definition) is 4. The predicted octanol–water partition coefficient (Wildman–Crippen LogP) is -0.436. The molecule has 2 aliphatic rings. The number of β-lactam (4-membered cyclic amide) rings is 1. The number of anilines is 1. The second-order valence-electron chi connectivity index (χ2n) is 7.41. The number of fused-ring (bicyclic) bond motifs is 1. The van der Waals surface area contributed by atoms with Crippen LogP contribution < -0.4 is 11.1 Å². The van der Waals surface area contributed by atoms with Gasteiger partial charge in [0.05, 0.1) is 13.2 Å². The maximum absolute atomic E-state index is 13.0. The Balaban J connectivity index is 0.00000400. The lowest BCUT2D eigenvalue weighted by Crippen LogP contribution is -2.71. The molecule has 15 nitrogen and oxygen atoms in total. The van der Waals surface area contributed by atoms with Gasteiger partial charge in [0.2, 0.25) is 5.16 Å². The molecule has 38 heavy (non-hydrogen) atoms. The number of amides is 2. The number of nitrogens with zero attached hydrogens (tertiary/aromatic N) is 7. The predicted molar refractivity (Wildman–Crippen MR) is 142 cm³/mol. The van der Waals surface area contributed by atoms with Gasteiger partial charge >= 0.3 is 5.97 Å². The molecule has 2 amide bonds. The van der Waals surface area contributed by atoms with Crippen molar-refractivity contribution >= 4 is 75.9 Å². The Kier molecular flexibility index (Phi) is 10.1. The summed E-state index contributed by atoms with van der Waals surface area (Å²) in [5.41, 5.74) is 5.97. The molecule has 4 rings (SSSR count). The molecule has 2 aromatic heterocycles. The molecule has 0 aromatic carbocycles. The van der Waals surface area contributed by atoms with Gasteiger partial charge in [0.15, 0.2) is 10.8 Å². The number of tetrazole rings is 1. The number of halogens is 1. The molecule has 0 aliphatic carbocycles. The minimum Gasteiger partial charge on any atom is -0.477 e. The third-order valence-corrected chi connectivity index (χ3v) is 8.09. The fourth-order valence-electron chi connectivity index (χ4n) is 3.44. The van der Waals surface area contributed by atoms with E-state index in [9.17, 15) is 19.5 Å². The number of nitrogens with two attached hydrogens (primary N) is 1. The number of aromatic nitrogens is 5. The standard InChI is InChI=1S/C19H21N9O6S3.ClH/c1-2-3-27-19(23-25-26-27)37-7-9-6-35-16-12(15(31)28(16)13(9)17(32)33)22-14(30)11(24-34-5-4-29)10-8-36-18(20)21-10;/h2,8,12,16,29H,1,3-7H2,(H2,20,21)(H,22,30)(H,32,33);1H/b24-11-;/t12?,16-;/m1./s1. The SMILES string of the molecule is C=CCn1nnnc1SCC1=C(C(=O)O)N2C(=O)C(NC(=O)/C(=N\OCCO)c3csc(N)n3)[C@H]2SC1.Cl. The summed E-state index contributed by atoms with van der Waals surface area (Å²) in [4.78, 5) is 48.2. The number of thiazole rings is 1. The first kappa shape index (κ1) is 29.4. The Morgan fingerprint density at radius 3 is 2.89 bits per heavy atom. The summed E-state index contributed by atoms with van der Waals surface area (Å²) < 4.78 is 1.52. The van der Waals surface area contributed by atoms with Gasteiger partial charge < -0.3 is 26.1 Å². The van der Waals surface area contributed by atoms with Crippen LogP contribution in [-0.4, -0.2) is 99.9 Å². The molecule has 1 saturated heterocycles. The van der Waals surface area contributed by atoms with Crippen LogP contribution in [0, 0.1) is 0 Å². The van der Waals surface area contributed by atoms with Gasteiger partial charge in [0, 0.05) is 16.9 Å². The van der Waals surface area contributed by atoms with Crippen LogP contribution in [0.4, 0.5) is 5.13 Å². The number of nitrogens with one attached hydrogen (secondary N) is 1. The second kappa shape index (κ2) is 13.1. The highest BCUT2D eigenvalue weighted by Crippen LogP contribution is 2.41. The van der Waals surface area contributed by atoms with E-state index in [1.165, 1.54) is 38.5 Å². The van der Waals surface area contributed by atoms with Crippen LogP contribution in [0.3, 0.4) is 0 Å². The van der Waals surface area contributed by atoms with Crippen LogP contribution >= 0.6 is 47.3 Å². The van der Waals surface area contributed by atoms with E-state index in [0.717, 1.165) is 11.3 Å². The summed E-state index contributed by atoms with van der Waals surface area (Å²) in [5, 5.41) is 38.1. The van der Waals surface area contributed by atoms with E-state index in [0.29, 0.717) is 23.0 Å². The Morgan fingerprint density at radius 2 is 2.24 bits per heavy atom. The number of rotatable bonds is 12. The van der Waals surface area contributed by atoms with Gasteiger partial charge in [-0.1, -0.05) is 23.0 Å². The molecule has 1 fully saturated rings. The van der Waals surface area contributed by atoms with Crippen molar-refractivity contribution in [2.24, 2.45) is 5.16 Å². The molecule has 5 N–H and O–H groups in total. The molecule has 2 atom stereocenters. The van der Waals surface area contributed by atoms with Crippen molar-refractivity contribution in [2.75, 3.05) is 30.5 Å². The lowest BCUT2D eigenvalue weighted by Gasteiger charge is -2.49. The lowest BCUT2D eigenvalue weighted by atomic mass is 10.0. The number of nitrogen functional groups attached to an aromatic ring is 1. The summed E-state index contributed by atoms with van der Waals surface area (Å²) in [6.45, 7) is 3.57. The molecule has 4 heterocycles. The molecule has 2 aromatic rings. The normalized spacial score (nSPS) is 18.8. The van der Waals surface area contributed by atoms with E-state index >= 15 is 0 Å². The van der Waals surface area contributed by atoms with Crippen LogP contribution in [0.25, 0.3) is 0 Å². The number of aliphatic carboxylic acids is 1. The highest BCUT2D eigenvalue weighted by atomic mass is 35.5. The summed E-state index contributed by atoms with van der Waals surface area (Å²) in [5.74, 6) is -2.00. The zero-order valence-electron chi connectivity index (χ0n) is 19.4. The Bertz CT molecular complexity index is 1280. The Morgan fingerprint density at radius 1 is 1.45 bits per heavy atom. The second-order valence-corrected chi connectivity index (χ2v) is 10.3. The van der Waals surface area contributed by atoms with Crippen molar-refractivity contribution in [3.8, 4) is 0 Å². The third-order valence-electron chi connectivity index (χ3n) is 5.03. The van der Waals surface area contributed by atoms with Crippen LogP contribution in [-0.2, 0) is 25.8 Å². The van der Waals surface area contributed by atoms with E-state index in [1.54, 1.807) is 6.08 Å². The number of thioether (sulfide) groups is 2. The first-order valence-corrected chi connectivity index (χ1v) is 13.5. The van der Waals surface area contributed by atoms with Gasteiger partial charge in [-0.3, -0.25) is 14.5 Å². The number of oxime groups is 1. The van der Waals surface area contributed by atoms with Crippen molar-refractivity contribution < 1.29 is 29.4 Å². The number of carboxylic acid groups (broad SMARTS) is 1. The minimum atomic E-state index is -1.25. The van der Waals surface area contributed by atoms with Gasteiger partial charge in [0.25, 0.3) is 11.8 Å². The molecule has 0 spiro atoms. The van der Waals surface area contributed by atoms with Crippen molar-refractivity contribution in [3.63, 3.8) is 0 Å². The van der Waals surface area contributed by atoms with Crippen LogP contribution in [0.2, 0.25) is 0 Å². The Hall–Kier alpha value is -3.19. The van der Waals surface area contributed by atoms with Gasteiger partial charge in [-0.05, 0) is 16.0 Å². The summed E-state index contributed by atoms with van der Waals surface area (Å²) >= 11 is 3.66. The van der Waals surface area contributed by atoms with E-state index in [4.69, 9.17) is 15.7 Å². The monoisotopic (exact) mass is 603 g/mol. The highest BCUT2D eigenvalue weighted by Gasteiger charge is 2.54. The quantitative estimate of drug-likeness (QED) is 0.0606. The first-order chi connectivity index (χ1) is 17.8. The largest absolute Gasteiger partial charge is 0.477 e. The average molecular weight is 604 g/mol. The van der Waals surface area contributed by atoms with Gasteiger partial charge in [0.1, 0.15) is 29.4 Å². The van der Waals surface area contributed by atoms with Crippen molar-refractivity contribution in [3.05, 3.63) is 35.0 Å². The van der Waals surface area contributed by atoms with Crippen LogP contribution in [0.1, 0.15) is 5.69 Å². The van der Waals surface area contributed by atoms with E-state index in [1.807, 2.05) is 0 Å². The molecule has 0 saturated carbocycles. The smallest absolute Gasteiger partial charge is 0.352 e. The van der Waals surface area contributed by atoms with E-state index in [2.05, 4.69) is 37.6 Å². The van der Waals surface area contributed by atoms with Crippen LogP contribution in [0.5, 0.6) is 0 Å². The number of carbonyl (C=O) groups excluding carboxylic acids is 2. The van der Waals surface area contributed by atoms with Crippen molar-refractivity contribution in [1.82, 2.24) is 35.4 Å². The molecule has 204 valence electrons. The molecule has 0 radical (unpaired) electrons. The Labute approximate surface area is 234 Å².